The molecule has 0 aromatic carbocycles. The first kappa shape index (κ1) is 14.3. The molecule has 0 spiro atoms. The van der Waals surface area contributed by atoms with Crippen LogP contribution < -0.4 is 5.73 Å². The van der Waals surface area contributed by atoms with Crippen molar-refractivity contribution >= 4 is 0 Å². The van der Waals surface area contributed by atoms with Crippen molar-refractivity contribution < 1.29 is 22.0 Å². The van der Waals surface area contributed by atoms with Gasteiger partial charge in [0.1, 0.15) is 5.69 Å². The van der Waals surface area contributed by atoms with Crippen LogP contribution in [0.3, 0.4) is 0 Å². The predicted octanol–water partition coefficient (Wildman–Crippen LogP) is 2.56. The zero-order valence-electron chi connectivity index (χ0n) is 8.93. The molecule has 0 bridgehead atoms. The fourth-order valence-corrected chi connectivity index (χ4v) is 1.41. The summed E-state index contributed by atoms with van der Waals surface area (Å²) in [4.78, 5) is 3.23. The molecule has 1 rings (SSSR count). The molecule has 0 fully saturated rings. The van der Waals surface area contributed by atoms with E-state index in [9.17, 15) is 22.0 Å². The minimum absolute atomic E-state index is 0.0618. The zero-order valence-corrected chi connectivity index (χ0v) is 8.93. The van der Waals surface area contributed by atoms with Crippen LogP contribution in [0.4, 0.5) is 22.0 Å². The Hall–Kier alpha value is -1.75. The average Bonchev–Trinajstić information content (AvgIpc) is 2.27. The third-order valence-electron chi connectivity index (χ3n) is 2.20. The van der Waals surface area contributed by atoms with Gasteiger partial charge in [0, 0.05) is 6.54 Å². The number of aromatic nitrogens is 1. The van der Waals surface area contributed by atoms with Gasteiger partial charge in [-0.15, -0.1) is 0 Å². The Morgan fingerprint density at radius 3 is 2.39 bits per heavy atom. The second-order valence-electron chi connectivity index (χ2n) is 3.36. The molecule has 98 valence electrons. The maximum absolute atomic E-state index is 12.6. The molecule has 0 atom stereocenters. The Morgan fingerprint density at radius 2 is 2.00 bits per heavy atom. The van der Waals surface area contributed by atoms with E-state index in [0.29, 0.717) is 6.07 Å². The van der Waals surface area contributed by atoms with E-state index in [-0.39, 0.29) is 24.2 Å². The first-order valence-corrected chi connectivity index (χ1v) is 4.76. The fraction of sp³-hybridized carbons (Fsp3) is 0.400. The molecule has 0 amide bonds. The van der Waals surface area contributed by atoms with Crippen LogP contribution in [0.2, 0.25) is 0 Å². The number of pyridine rings is 1. The minimum atomic E-state index is -4.94. The quantitative estimate of drug-likeness (QED) is 0.854. The summed E-state index contributed by atoms with van der Waals surface area (Å²) >= 11 is 0. The highest BCUT2D eigenvalue weighted by Crippen LogP contribution is 2.36. The number of hydrogen-bond donors (Lipinski definition) is 1. The molecule has 3 nitrogen and oxygen atoms in total. The summed E-state index contributed by atoms with van der Waals surface area (Å²) in [7, 11) is 0. The summed E-state index contributed by atoms with van der Waals surface area (Å²) in [5.41, 5.74) is 2.12. The van der Waals surface area contributed by atoms with E-state index in [1.807, 2.05) is 0 Å². The van der Waals surface area contributed by atoms with E-state index in [1.54, 1.807) is 6.07 Å². The van der Waals surface area contributed by atoms with Gasteiger partial charge in [-0.2, -0.15) is 18.4 Å². The van der Waals surface area contributed by atoms with E-state index < -0.39 is 23.9 Å². The molecule has 0 aliphatic heterocycles. The third kappa shape index (κ3) is 2.92. The molecule has 1 heterocycles. The van der Waals surface area contributed by atoms with Gasteiger partial charge in [0.25, 0.3) is 6.43 Å². The lowest BCUT2D eigenvalue weighted by Gasteiger charge is -2.15. The summed E-state index contributed by atoms with van der Waals surface area (Å²) in [5, 5.41) is 8.46. The number of nitrogens with zero attached hydrogens (tertiary/aromatic N) is 2. The van der Waals surface area contributed by atoms with Crippen LogP contribution in [0.1, 0.15) is 28.9 Å². The molecule has 2 N–H and O–H groups in total. The van der Waals surface area contributed by atoms with E-state index in [1.165, 1.54) is 0 Å². The first-order chi connectivity index (χ1) is 8.31. The molecule has 1 aromatic rings. The number of nitrogens with two attached hydrogens (primary N) is 1. The highest BCUT2D eigenvalue weighted by atomic mass is 19.4. The van der Waals surface area contributed by atoms with Gasteiger partial charge in [-0.25, -0.2) is 13.8 Å². The van der Waals surface area contributed by atoms with Gasteiger partial charge in [-0.1, -0.05) is 0 Å². The van der Waals surface area contributed by atoms with Crippen molar-refractivity contribution in [2.24, 2.45) is 5.73 Å². The van der Waals surface area contributed by atoms with Crippen molar-refractivity contribution in [1.29, 1.82) is 5.26 Å². The molecule has 18 heavy (non-hydrogen) atoms. The molecular formula is C10H8F5N3. The minimum Gasteiger partial charge on any atom is -0.326 e. The Bertz CT molecular complexity index is 476. The van der Waals surface area contributed by atoms with Gasteiger partial charge >= 0.3 is 6.18 Å². The molecule has 0 aliphatic carbocycles. The Kier molecular flexibility index (Phi) is 4.19. The van der Waals surface area contributed by atoms with Gasteiger partial charge in [0.05, 0.1) is 23.7 Å². The monoisotopic (exact) mass is 265 g/mol. The second kappa shape index (κ2) is 5.27. The molecule has 0 saturated carbocycles. The molecular weight excluding hydrogens is 257 g/mol. The van der Waals surface area contributed by atoms with Crippen molar-refractivity contribution in [2.45, 2.75) is 25.6 Å². The summed E-state index contributed by atoms with van der Waals surface area (Å²) in [6.07, 6.45) is -8.68. The van der Waals surface area contributed by atoms with E-state index >= 15 is 0 Å². The van der Waals surface area contributed by atoms with Crippen molar-refractivity contribution in [3.05, 3.63) is 28.6 Å². The van der Waals surface area contributed by atoms with Crippen LogP contribution in [0.15, 0.2) is 6.07 Å². The molecule has 0 unspecified atom stereocenters. The van der Waals surface area contributed by atoms with Gasteiger partial charge in [-0.05, 0) is 11.6 Å². The highest BCUT2D eigenvalue weighted by molar-refractivity contribution is 5.34. The van der Waals surface area contributed by atoms with Crippen LogP contribution >= 0.6 is 0 Å². The zero-order chi connectivity index (χ0) is 13.9. The van der Waals surface area contributed by atoms with Crippen LogP contribution in [0.25, 0.3) is 0 Å². The van der Waals surface area contributed by atoms with Crippen molar-refractivity contribution in [2.75, 3.05) is 0 Å². The number of hydrogen-bond acceptors (Lipinski definition) is 3. The Balaban J connectivity index is 3.48. The summed E-state index contributed by atoms with van der Waals surface area (Å²) < 4.78 is 62.8. The summed E-state index contributed by atoms with van der Waals surface area (Å²) in [6, 6.07) is 2.17. The lowest BCUT2D eigenvalue weighted by molar-refractivity contribution is -0.140. The van der Waals surface area contributed by atoms with E-state index in [4.69, 9.17) is 11.0 Å². The largest absolute Gasteiger partial charge is 0.418 e. The van der Waals surface area contributed by atoms with Crippen LogP contribution in [-0.4, -0.2) is 4.98 Å². The van der Waals surface area contributed by atoms with Gasteiger partial charge in [0.15, 0.2) is 0 Å². The van der Waals surface area contributed by atoms with Crippen molar-refractivity contribution in [3.8, 4) is 6.07 Å². The standard InChI is InChI=1S/C10H8F5N3/c11-9(12)8-6(10(13,14)15)3-5(4-17)7(18-8)1-2-16/h3,9H,1,4,17H2. The molecule has 1 aromatic heterocycles. The lowest BCUT2D eigenvalue weighted by Crippen LogP contribution is -2.16. The number of rotatable bonds is 3. The van der Waals surface area contributed by atoms with E-state index in [0.717, 1.165) is 0 Å². The molecule has 8 heteroatoms. The average molecular weight is 265 g/mol. The molecule has 0 aliphatic rings. The van der Waals surface area contributed by atoms with Gasteiger partial charge < -0.3 is 5.73 Å². The molecule has 0 radical (unpaired) electrons. The highest BCUT2D eigenvalue weighted by Gasteiger charge is 2.37. The second-order valence-corrected chi connectivity index (χ2v) is 3.36. The van der Waals surface area contributed by atoms with Crippen LogP contribution in [0, 0.1) is 11.3 Å². The fourth-order valence-electron chi connectivity index (χ4n) is 1.41. The van der Waals surface area contributed by atoms with E-state index in [2.05, 4.69) is 4.98 Å². The summed E-state index contributed by atoms with van der Waals surface area (Å²) in [6.45, 7) is -0.309. The topological polar surface area (TPSA) is 62.7 Å². The maximum atomic E-state index is 12.6. The van der Waals surface area contributed by atoms with Crippen LogP contribution in [-0.2, 0) is 19.1 Å². The van der Waals surface area contributed by atoms with Crippen molar-refractivity contribution in [3.63, 3.8) is 0 Å². The normalized spacial score (nSPS) is 11.7. The Morgan fingerprint density at radius 1 is 1.39 bits per heavy atom. The third-order valence-corrected chi connectivity index (χ3v) is 2.20. The number of nitriles is 1. The predicted molar refractivity (Wildman–Crippen MR) is 51.4 cm³/mol. The van der Waals surface area contributed by atoms with Crippen LogP contribution in [0.5, 0.6) is 0 Å². The molecule has 0 saturated heterocycles. The smallest absolute Gasteiger partial charge is 0.326 e. The SMILES string of the molecule is N#CCc1nc(C(F)F)c(C(F)(F)F)cc1CN. The van der Waals surface area contributed by atoms with Crippen molar-refractivity contribution in [1.82, 2.24) is 4.98 Å². The summed E-state index contributed by atoms with van der Waals surface area (Å²) in [5.74, 6) is 0. The van der Waals surface area contributed by atoms with Gasteiger partial charge in [0.2, 0.25) is 0 Å². The lowest BCUT2D eigenvalue weighted by atomic mass is 10.1. The maximum Gasteiger partial charge on any atom is 0.418 e. The Labute approximate surface area is 99.0 Å². The van der Waals surface area contributed by atoms with Gasteiger partial charge in [-0.3, -0.25) is 0 Å². The number of alkyl halides is 5. The first-order valence-electron chi connectivity index (χ1n) is 4.76. The number of halogens is 5.